The lowest BCUT2D eigenvalue weighted by Gasteiger charge is -2.00. The predicted octanol–water partition coefficient (Wildman–Crippen LogP) is 2.23. The molecule has 0 bridgehead atoms. The van der Waals surface area contributed by atoms with Crippen molar-refractivity contribution in [1.29, 1.82) is 0 Å². The van der Waals surface area contributed by atoms with Gasteiger partial charge in [0.25, 0.3) is 0 Å². The van der Waals surface area contributed by atoms with Crippen molar-refractivity contribution in [2.45, 2.75) is 6.92 Å². The number of nitrogens with zero attached hydrogens (tertiary/aromatic N) is 3. The molecule has 83 valence electrons. The molecule has 0 fully saturated rings. The summed E-state index contributed by atoms with van der Waals surface area (Å²) in [6.45, 7) is 2.01. The second kappa shape index (κ2) is 3.59. The highest BCUT2D eigenvalue weighted by molar-refractivity contribution is 5.74. The Morgan fingerprint density at radius 3 is 2.82 bits per heavy atom. The van der Waals surface area contributed by atoms with Gasteiger partial charge in [-0.2, -0.15) is 0 Å². The summed E-state index contributed by atoms with van der Waals surface area (Å²) in [5.41, 5.74) is 3.31. The van der Waals surface area contributed by atoms with Gasteiger partial charge in [-0.15, -0.1) is 15.0 Å². The number of aromatic hydroxyl groups is 1. The fourth-order valence-electron chi connectivity index (χ4n) is 1.71. The van der Waals surface area contributed by atoms with Crippen LogP contribution in [0.25, 0.3) is 16.7 Å². The second-order valence-corrected chi connectivity index (χ2v) is 3.90. The Morgan fingerprint density at radius 2 is 2.00 bits per heavy atom. The maximum atomic E-state index is 9.71. The highest BCUT2D eigenvalue weighted by Crippen LogP contribution is 2.20. The number of hydrogen-bond acceptors (Lipinski definition) is 3. The van der Waals surface area contributed by atoms with E-state index in [1.165, 1.54) is 10.9 Å². The van der Waals surface area contributed by atoms with Crippen LogP contribution in [0.1, 0.15) is 5.56 Å². The molecule has 1 N–H and O–H groups in total. The van der Waals surface area contributed by atoms with E-state index in [0.29, 0.717) is 5.69 Å². The van der Waals surface area contributed by atoms with Gasteiger partial charge in [0.1, 0.15) is 22.5 Å². The van der Waals surface area contributed by atoms with E-state index >= 15 is 0 Å². The smallest absolute Gasteiger partial charge is 0.143 e. The van der Waals surface area contributed by atoms with Crippen LogP contribution in [-0.4, -0.2) is 20.1 Å². The summed E-state index contributed by atoms with van der Waals surface area (Å²) in [5, 5.41) is 18.4. The zero-order valence-corrected chi connectivity index (χ0v) is 9.25. The van der Waals surface area contributed by atoms with E-state index in [2.05, 4.69) is 16.3 Å². The molecule has 0 aliphatic rings. The van der Waals surface area contributed by atoms with Crippen LogP contribution >= 0.6 is 0 Å². The first-order chi connectivity index (χ1) is 8.24. The van der Waals surface area contributed by atoms with Crippen LogP contribution in [0.2, 0.25) is 0 Å². The van der Waals surface area contributed by atoms with E-state index in [0.717, 1.165) is 16.6 Å². The van der Waals surface area contributed by atoms with Crippen molar-refractivity contribution in [2.75, 3.05) is 0 Å². The number of aryl methyl sites for hydroxylation is 1. The topological polar surface area (TPSA) is 50.9 Å². The van der Waals surface area contributed by atoms with Crippen molar-refractivity contribution < 1.29 is 5.11 Å². The van der Waals surface area contributed by atoms with E-state index in [1.807, 2.05) is 25.1 Å². The Bertz CT molecular complexity index is 688. The van der Waals surface area contributed by atoms with Gasteiger partial charge < -0.3 is 5.11 Å². The first-order valence-corrected chi connectivity index (χ1v) is 5.27. The Kier molecular flexibility index (Phi) is 2.08. The van der Waals surface area contributed by atoms with Gasteiger partial charge in [0.2, 0.25) is 0 Å². The molecule has 4 nitrogen and oxygen atoms in total. The Morgan fingerprint density at radius 1 is 1.18 bits per heavy atom. The van der Waals surface area contributed by atoms with Gasteiger partial charge in [-0.1, -0.05) is 12.1 Å². The van der Waals surface area contributed by atoms with Crippen LogP contribution in [0.4, 0.5) is 0 Å². The van der Waals surface area contributed by atoms with Crippen LogP contribution < -0.4 is 0 Å². The van der Waals surface area contributed by atoms with Crippen LogP contribution in [-0.2, 0) is 0 Å². The van der Waals surface area contributed by atoms with Crippen molar-refractivity contribution in [3.8, 4) is 11.4 Å². The number of phenolic OH excluding ortho intramolecular Hbond substituents is 1. The second-order valence-electron chi connectivity index (χ2n) is 3.90. The molecule has 17 heavy (non-hydrogen) atoms. The summed E-state index contributed by atoms with van der Waals surface area (Å²) >= 11 is 0. The molecular formula is C13H10N3O. The van der Waals surface area contributed by atoms with Crippen LogP contribution in [0.5, 0.6) is 5.75 Å². The standard InChI is InChI=1S/C13H10N3O/c1-9-6-7-10-11(8-9)15-16(14-10)12-4-2-3-5-13(12)17/h2,4-8,17H,1H3. The van der Waals surface area contributed by atoms with Crippen LogP contribution in [0.15, 0.2) is 36.4 Å². The Hall–Kier alpha value is -2.36. The van der Waals surface area contributed by atoms with Crippen molar-refractivity contribution in [3.05, 3.63) is 48.0 Å². The summed E-state index contributed by atoms with van der Waals surface area (Å²) in [6, 6.07) is 13.6. The monoisotopic (exact) mass is 224 g/mol. The van der Waals surface area contributed by atoms with E-state index in [1.54, 1.807) is 12.1 Å². The maximum Gasteiger partial charge on any atom is 0.143 e. The fourth-order valence-corrected chi connectivity index (χ4v) is 1.71. The number of rotatable bonds is 1. The predicted molar refractivity (Wildman–Crippen MR) is 64.1 cm³/mol. The molecule has 0 amide bonds. The Labute approximate surface area is 98.1 Å². The number of hydrogen-bond donors (Lipinski definition) is 1. The third kappa shape index (κ3) is 1.63. The first kappa shape index (κ1) is 9.84. The molecule has 0 unspecified atom stereocenters. The molecule has 2 aromatic carbocycles. The third-order valence-electron chi connectivity index (χ3n) is 2.57. The average Bonchev–Trinajstić information content (AvgIpc) is 2.72. The van der Waals surface area contributed by atoms with E-state index in [-0.39, 0.29) is 5.75 Å². The fraction of sp³-hybridized carbons (Fsp3) is 0.0769. The minimum absolute atomic E-state index is 0.115. The number of aromatic nitrogens is 3. The molecule has 0 spiro atoms. The van der Waals surface area contributed by atoms with E-state index in [4.69, 9.17) is 0 Å². The molecule has 0 saturated heterocycles. The number of benzene rings is 2. The highest BCUT2D eigenvalue weighted by atomic mass is 16.3. The zero-order chi connectivity index (χ0) is 11.8. The summed E-state index contributed by atoms with van der Waals surface area (Å²) in [4.78, 5) is 1.44. The van der Waals surface area contributed by atoms with Gasteiger partial charge in [0.15, 0.2) is 0 Å². The summed E-state index contributed by atoms with van der Waals surface area (Å²) in [7, 11) is 0. The van der Waals surface area contributed by atoms with Gasteiger partial charge in [-0.05, 0) is 42.8 Å². The molecule has 4 heteroatoms. The molecule has 3 aromatic rings. The van der Waals surface area contributed by atoms with Crippen molar-refractivity contribution in [1.82, 2.24) is 15.0 Å². The van der Waals surface area contributed by atoms with E-state index in [9.17, 15) is 5.11 Å². The highest BCUT2D eigenvalue weighted by Gasteiger charge is 2.07. The SMILES string of the molecule is Cc1ccc2nn(-c3cc[c]cc3O)nc2c1. The normalized spacial score (nSPS) is 10.9. The lowest BCUT2D eigenvalue weighted by molar-refractivity contribution is 0.467. The molecule has 0 saturated carbocycles. The van der Waals surface area contributed by atoms with Crippen LogP contribution in [0, 0.1) is 13.0 Å². The van der Waals surface area contributed by atoms with Gasteiger partial charge in [-0.3, -0.25) is 0 Å². The molecular weight excluding hydrogens is 214 g/mol. The largest absolute Gasteiger partial charge is 0.506 e. The molecule has 0 aliphatic carbocycles. The maximum absolute atomic E-state index is 9.71. The first-order valence-electron chi connectivity index (χ1n) is 5.27. The van der Waals surface area contributed by atoms with Crippen molar-refractivity contribution in [3.63, 3.8) is 0 Å². The minimum Gasteiger partial charge on any atom is -0.506 e. The lowest BCUT2D eigenvalue weighted by atomic mass is 10.2. The average molecular weight is 224 g/mol. The summed E-state index contributed by atoms with van der Waals surface area (Å²) < 4.78 is 0. The molecule has 1 heterocycles. The number of phenols is 1. The molecule has 3 rings (SSSR count). The molecule has 1 radical (unpaired) electrons. The van der Waals surface area contributed by atoms with Gasteiger partial charge in [0, 0.05) is 0 Å². The molecule has 1 aromatic heterocycles. The van der Waals surface area contributed by atoms with Crippen molar-refractivity contribution >= 4 is 11.0 Å². The quantitative estimate of drug-likeness (QED) is 0.689. The van der Waals surface area contributed by atoms with Gasteiger partial charge >= 0.3 is 0 Å². The van der Waals surface area contributed by atoms with Gasteiger partial charge in [-0.25, -0.2) is 0 Å². The Balaban J connectivity index is 2.22. The minimum atomic E-state index is 0.115. The summed E-state index contributed by atoms with van der Waals surface area (Å²) in [5.74, 6) is 0.115. The molecule has 0 atom stereocenters. The zero-order valence-electron chi connectivity index (χ0n) is 9.25. The van der Waals surface area contributed by atoms with Crippen LogP contribution in [0.3, 0.4) is 0 Å². The number of fused-ring (bicyclic) bond motifs is 1. The summed E-state index contributed by atoms with van der Waals surface area (Å²) in [6.07, 6.45) is 0. The van der Waals surface area contributed by atoms with E-state index < -0.39 is 0 Å². The molecule has 0 aliphatic heterocycles. The van der Waals surface area contributed by atoms with Crippen molar-refractivity contribution in [2.24, 2.45) is 0 Å². The lowest BCUT2D eigenvalue weighted by Crippen LogP contribution is -1.98. The van der Waals surface area contributed by atoms with Gasteiger partial charge in [0.05, 0.1) is 0 Å². The third-order valence-corrected chi connectivity index (χ3v) is 2.57.